The van der Waals surface area contributed by atoms with Gasteiger partial charge in [0.2, 0.25) is 0 Å². The molecule has 0 bridgehead atoms. The number of benzene rings is 2. The van der Waals surface area contributed by atoms with Gasteiger partial charge >= 0.3 is 0 Å². The fourth-order valence-electron chi connectivity index (χ4n) is 2.81. The lowest BCUT2D eigenvalue weighted by molar-refractivity contribution is 0.640. The van der Waals surface area contributed by atoms with Gasteiger partial charge in [-0.05, 0) is 23.8 Å². The third-order valence-corrected chi connectivity index (χ3v) is 4.89. The van der Waals surface area contributed by atoms with Gasteiger partial charge in [-0.15, -0.1) is 5.10 Å². The van der Waals surface area contributed by atoms with Gasteiger partial charge in [-0.25, -0.2) is 9.36 Å². The summed E-state index contributed by atoms with van der Waals surface area (Å²) in [4.78, 5) is 12.8. The van der Waals surface area contributed by atoms with Crippen molar-refractivity contribution in [1.29, 1.82) is 0 Å². The highest BCUT2D eigenvalue weighted by molar-refractivity contribution is 6.34. The Hall–Kier alpha value is -2.67. The summed E-state index contributed by atoms with van der Waals surface area (Å²) in [5.41, 5.74) is 2.20. The summed E-state index contributed by atoms with van der Waals surface area (Å²) in [6.45, 7) is 0.320. The number of rotatable bonds is 4. The maximum absolute atomic E-state index is 12.8. The molecule has 0 spiro atoms. The van der Waals surface area contributed by atoms with Crippen LogP contribution >= 0.6 is 34.8 Å². The Kier molecular flexibility index (Phi) is 5.17. The first-order chi connectivity index (χ1) is 13.5. The van der Waals surface area contributed by atoms with E-state index < -0.39 is 5.56 Å². The smallest absolute Gasteiger partial charge is 0.266 e. The molecule has 0 amide bonds. The van der Waals surface area contributed by atoms with Gasteiger partial charge in [0.05, 0.1) is 24.6 Å². The summed E-state index contributed by atoms with van der Waals surface area (Å²) in [5, 5.41) is 12.8. The fraction of sp³-hybridized carbons (Fsp3) is 0.0526. The minimum absolute atomic E-state index is 0.0423. The van der Waals surface area contributed by atoms with Crippen LogP contribution in [0.4, 0.5) is 0 Å². The molecule has 4 rings (SSSR count). The molecule has 4 aromatic rings. The molecule has 0 aliphatic heterocycles. The fourth-order valence-corrected chi connectivity index (χ4v) is 3.35. The Morgan fingerprint density at radius 1 is 0.964 bits per heavy atom. The van der Waals surface area contributed by atoms with Crippen molar-refractivity contribution < 1.29 is 0 Å². The maximum Gasteiger partial charge on any atom is 0.286 e. The molecule has 0 atom stereocenters. The van der Waals surface area contributed by atoms with Gasteiger partial charge in [-0.2, -0.15) is 5.10 Å². The quantitative estimate of drug-likeness (QED) is 0.476. The number of hydrogen-bond acceptors (Lipinski definition) is 4. The SMILES string of the molecule is O=c1c(Cl)c(-c2cc(Cl)ccc2-n2cc(Cl)nn2)cnn1Cc1ccccc1. The maximum atomic E-state index is 12.8. The molecule has 0 aliphatic rings. The lowest BCUT2D eigenvalue weighted by Crippen LogP contribution is -2.24. The highest BCUT2D eigenvalue weighted by Crippen LogP contribution is 2.32. The lowest BCUT2D eigenvalue weighted by Gasteiger charge is -2.12. The van der Waals surface area contributed by atoms with Crippen LogP contribution in [0.25, 0.3) is 16.8 Å². The van der Waals surface area contributed by atoms with Crippen molar-refractivity contribution in [1.82, 2.24) is 24.8 Å². The molecule has 2 aromatic carbocycles. The molecular weight excluding hydrogens is 421 g/mol. The van der Waals surface area contributed by atoms with Gasteiger partial charge in [-0.3, -0.25) is 4.79 Å². The van der Waals surface area contributed by atoms with E-state index in [2.05, 4.69) is 15.4 Å². The Morgan fingerprint density at radius 3 is 2.46 bits per heavy atom. The highest BCUT2D eigenvalue weighted by atomic mass is 35.5. The predicted molar refractivity (Wildman–Crippen MR) is 109 cm³/mol. The van der Waals surface area contributed by atoms with Crippen LogP contribution in [0.1, 0.15) is 5.56 Å². The molecule has 6 nitrogen and oxygen atoms in total. The summed E-state index contributed by atoms with van der Waals surface area (Å²) >= 11 is 18.5. The standard InChI is InChI=1S/C19H12Cl3N5O/c20-13-6-7-16(26-11-17(21)24-25-26)14(8-13)15-9-23-27(19(28)18(15)22)10-12-4-2-1-3-5-12/h1-9,11H,10H2. The first kappa shape index (κ1) is 18.7. The van der Waals surface area contributed by atoms with Crippen molar-refractivity contribution in [3.63, 3.8) is 0 Å². The zero-order chi connectivity index (χ0) is 19.7. The first-order valence-electron chi connectivity index (χ1n) is 8.20. The van der Waals surface area contributed by atoms with E-state index in [4.69, 9.17) is 34.8 Å². The molecular formula is C19H12Cl3N5O. The van der Waals surface area contributed by atoms with Crippen LogP contribution in [-0.4, -0.2) is 24.8 Å². The average molecular weight is 433 g/mol. The van der Waals surface area contributed by atoms with Gasteiger partial charge in [0, 0.05) is 16.1 Å². The van der Waals surface area contributed by atoms with Crippen molar-refractivity contribution in [2.75, 3.05) is 0 Å². The van der Waals surface area contributed by atoms with Crippen molar-refractivity contribution in [2.45, 2.75) is 6.54 Å². The summed E-state index contributed by atoms with van der Waals surface area (Å²) in [6, 6.07) is 14.7. The van der Waals surface area contributed by atoms with Crippen LogP contribution < -0.4 is 5.56 Å². The van der Waals surface area contributed by atoms with Crippen molar-refractivity contribution in [3.8, 4) is 16.8 Å². The van der Waals surface area contributed by atoms with E-state index in [1.807, 2.05) is 30.3 Å². The number of hydrogen-bond donors (Lipinski definition) is 0. The van der Waals surface area contributed by atoms with Crippen LogP contribution in [0.2, 0.25) is 15.2 Å². The average Bonchev–Trinajstić information content (AvgIpc) is 3.12. The zero-order valence-corrected chi connectivity index (χ0v) is 16.5. The minimum Gasteiger partial charge on any atom is -0.266 e. The van der Waals surface area contributed by atoms with E-state index in [0.29, 0.717) is 28.4 Å². The normalized spacial score (nSPS) is 11.0. The second-order valence-electron chi connectivity index (χ2n) is 5.97. The molecule has 0 saturated carbocycles. The van der Waals surface area contributed by atoms with E-state index in [1.165, 1.54) is 9.36 Å². The minimum atomic E-state index is -0.398. The monoisotopic (exact) mass is 431 g/mol. The summed E-state index contributed by atoms with van der Waals surface area (Å²) in [7, 11) is 0. The molecule has 0 saturated heterocycles. The predicted octanol–water partition coefficient (Wildman–Crippen LogP) is 4.50. The van der Waals surface area contributed by atoms with Gasteiger partial charge in [0.25, 0.3) is 5.56 Å². The molecule has 0 N–H and O–H groups in total. The van der Waals surface area contributed by atoms with E-state index in [9.17, 15) is 4.79 Å². The number of nitrogens with zero attached hydrogens (tertiary/aromatic N) is 5. The Labute approximate surface area is 174 Å². The molecule has 140 valence electrons. The van der Waals surface area contributed by atoms with Crippen LogP contribution in [0.3, 0.4) is 0 Å². The van der Waals surface area contributed by atoms with Crippen LogP contribution in [0.15, 0.2) is 65.7 Å². The third-order valence-electron chi connectivity index (χ3n) is 4.12. The lowest BCUT2D eigenvalue weighted by atomic mass is 10.1. The molecule has 0 radical (unpaired) electrons. The van der Waals surface area contributed by atoms with Crippen molar-refractivity contribution >= 4 is 34.8 Å². The van der Waals surface area contributed by atoms with E-state index >= 15 is 0 Å². The Morgan fingerprint density at radius 2 is 1.75 bits per heavy atom. The second kappa shape index (κ2) is 7.75. The van der Waals surface area contributed by atoms with Gasteiger partial charge < -0.3 is 0 Å². The Bertz CT molecular complexity index is 1200. The number of halogens is 3. The van der Waals surface area contributed by atoms with Gasteiger partial charge in [0.15, 0.2) is 5.15 Å². The number of aromatic nitrogens is 5. The van der Waals surface area contributed by atoms with E-state index in [-0.39, 0.29) is 10.2 Å². The molecule has 9 heteroatoms. The highest BCUT2D eigenvalue weighted by Gasteiger charge is 2.17. The van der Waals surface area contributed by atoms with Crippen LogP contribution in [-0.2, 0) is 6.54 Å². The van der Waals surface area contributed by atoms with Gasteiger partial charge in [0.1, 0.15) is 5.02 Å². The zero-order valence-electron chi connectivity index (χ0n) is 14.3. The second-order valence-corrected chi connectivity index (χ2v) is 7.17. The third kappa shape index (κ3) is 3.67. The molecule has 28 heavy (non-hydrogen) atoms. The van der Waals surface area contributed by atoms with Gasteiger partial charge in [-0.1, -0.05) is 70.3 Å². The summed E-state index contributed by atoms with van der Waals surface area (Å²) in [5.74, 6) is 0. The van der Waals surface area contributed by atoms with Crippen molar-refractivity contribution in [2.24, 2.45) is 0 Å². The molecule has 0 fully saturated rings. The van der Waals surface area contributed by atoms with Crippen LogP contribution in [0.5, 0.6) is 0 Å². The molecule has 2 heterocycles. The van der Waals surface area contributed by atoms with Crippen LogP contribution in [0, 0.1) is 0 Å². The summed E-state index contributed by atoms with van der Waals surface area (Å²) < 4.78 is 2.80. The molecule has 2 aromatic heterocycles. The van der Waals surface area contributed by atoms with E-state index in [1.54, 1.807) is 30.6 Å². The van der Waals surface area contributed by atoms with E-state index in [0.717, 1.165) is 5.56 Å². The summed E-state index contributed by atoms with van der Waals surface area (Å²) in [6.07, 6.45) is 3.09. The Balaban J connectivity index is 1.81. The van der Waals surface area contributed by atoms with Crippen molar-refractivity contribution in [3.05, 3.63) is 92.0 Å². The first-order valence-corrected chi connectivity index (χ1v) is 9.34. The largest absolute Gasteiger partial charge is 0.286 e. The molecule has 0 aliphatic carbocycles. The topological polar surface area (TPSA) is 65.6 Å². The molecule has 0 unspecified atom stereocenters.